The summed E-state index contributed by atoms with van der Waals surface area (Å²) >= 11 is 0. The van der Waals surface area contributed by atoms with Gasteiger partial charge < -0.3 is 15.1 Å². The van der Waals surface area contributed by atoms with Gasteiger partial charge in [-0.15, -0.1) is 24.0 Å². The van der Waals surface area contributed by atoms with Crippen molar-refractivity contribution in [1.82, 2.24) is 15.1 Å². The summed E-state index contributed by atoms with van der Waals surface area (Å²) in [4.78, 5) is 20.0. The van der Waals surface area contributed by atoms with Gasteiger partial charge in [0.2, 0.25) is 5.91 Å². The van der Waals surface area contributed by atoms with Gasteiger partial charge in [-0.2, -0.15) is 0 Å². The molecule has 0 aromatic carbocycles. The maximum absolute atomic E-state index is 11.6. The summed E-state index contributed by atoms with van der Waals surface area (Å²) < 4.78 is 0. The Morgan fingerprint density at radius 3 is 2.29 bits per heavy atom. The second-order valence-electron chi connectivity index (χ2n) is 6.22. The van der Waals surface area contributed by atoms with E-state index in [0.29, 0.717) is 13.0 Å². The van der Waals surface area contributed by atoms with Crippen LogP contribution in [0.25, 0.3) is 0 Å². The average Bonchev–Trinajstić information content (AvgIpc) is 2.86. The second-order valence-corrected chi connectivity index (χ2v) is 6.22. The molecular weight excluding hydrogens is 379 g/mol. The summed E-state index contributed by atoms with van der Waals surface area (Å²) in [5, 5.41) is 3.34. The summed E-state index contributed by atoms with van der Waals surface area (Å²) in [5.41, 5.74) is 0. The van der Waals surface area contributed by atoms with Crippen molar-refractivity contribution in [1.29, 1.82) is 0 Å². The van der Waals surface area contributed by atoms with Crippen LogP contribution in [-0.2, 0) is 4.79 Å². The first kappa shape index (κ1) is 18.5. The monoisotopic (exact) mass is 408 g/mol. The highest BCUT2D eigenvalue weighted by Gasteiger charge is 2.35. The minimum atomic E-state index is 0. The van der Waals surface area contributed by atoms with Crippen LogP contribution in [-0.4, -0.2) is 62.4 Å². The molecule has 2 aliphatic rings. The number of nitrogens with one attached hydrogen (secondary N) is 1. The van der Waals surface area contributed by atoms with Gasteiger partial charge in [-0.3, -0.25) is 9.79 Å². The van der Waals surface area contributed by atoms with Crippen molar-refractivity contribution in [3.8, 4) is 0 Å². The summed E-state index contributed by atoms with van der Waals surface area (Å²) in [7, 11) is 5.42. The van der Waals surface area contributed by atoms with Crippen molar-refractivity contribution in [3.63, 3.8) is 0 Å². The molecule has 0 bridgehead atoms. The van der Waals surface area contributed by atoms with E-state index in [2.05, 4.69) is 15.2 Å². The van der Waals surface area contributed by atoms with Gasteiger partial charge in [0.1, 0.15) is 0 Å². The predicted molar refractivity (Wildman–Crippen MR) is 97.1 cm³/mol. The zero-order valence-corrected chi connectivity index (χ0v) is 15.8. The molecule has 1 saturated heterocycles. The molecular formula is C15H29IN4O. The Balaban J connectivity index is 0.00000220. The van der Waals surface area contributed by atoms with Crippen molar-refractivity contribution in [3.05, 3.63) is 0 Å². The number of hydrogen-bond acceptors (Lipinski definition) is 2. The normalized spacial score (nSPS) is 25.1. The van der Waals surface area contributed by atoms with Gasteiger partial charge in [0.15, 0.2) is 5.96 Å². The molecule has 0 radical (unpaired) electrons. The van der Waals surface area contributed by atoms with E-state index in [4.69, 9.17) is 0 Å². The highest BCUT2D eigenvalue weighted by molar-refractivity contribution is 14.0. The maximum atomic E-state index is 11.6. The van der Waals surface area contributed by atoms with E-state index in [9.17, 15) is 4.79 Å². The van der Waals surface area contributed by atoms with Crippen molar-refractivity contribution in [2.45, 2.75) is 32.1 Å². The Hall–Kier alpha value is -0.530. The van der Waals surface area contributed by atoms with E-state index in [1.54, 1.807) is 19.0 Å². The fourth-order valence-corrected chi connectivity index (χ4v) is 3.42. The highest BCUT2D eigenvalue weighted by atomic mass is 127. The zero-order valence-electron chi connectivity index (χ0n) is 13.5. The molecule has 6 heteroatoms. The molecule has 1 saturated carbocycles. The fraction of sp³-hybridized carbons (Fsp3) is 0.867. The van der Waals surface area contributed by atoms with Crippen molar-refractivity contribution < 1.29 is 4.79 Å². The van der Waals surface area contributed by atoms with Crippen molar-refractivity contribution >= 4 is 35.8 Å². The summed E-state index contributed by atoms with van der Waals surface area (Å²) in [5.74, 6) is 2.82. The van der Waals surface area contributed by atoms with Crippen molar-refractivity contribution in [2.75, 3.05) is 40.8 Å². The summed E-state index contributed by atoms with van der Waals surface area (Å²) in [6, 6.07) is 0. The lowest BCUT2D eigenvalue weighted by Crippen LogP contribution is -2.41. The SMILES string of the molecule is CN=C(NCCC(=O)N(C)C)N1CC2CCCCC2C1.I. The van der Waals surface area contributed by atoms with Crippen LogP contribution in [0.3, 0.4) is 0 Å². The van der Waals surface area contributed by atoms with Crippen LogP contribution in [0.15, 0.2) is 4.99 Å². The number of nitrogens with zero attached hydrogens (tertiary/aromatic N) is 3. The fourth-order valence-electron chi connectivity index (χ4n) is 3.42. The first-order chi connectivity index (χ1) is 9.61. The van der Waals surface area contributed by atoms with Gasteiger partial charge >= 0.3 is 0 Å². The molecule has 2 unspecified atom stereocenters. The van der Waals surface area contributed by atoms with Gasteiger partial charge in [0, 0.05) is 47.2 Å². The lowest BCUT2D eigenvalue weighted by molar-refractivity contribution is -0.128. The van der Waals surface area contributed by atoms with E-state index in [1.807, 2.05) is 7.05 Å². The van der Waals surface area contributed by atoms with Crippen LogP contribution in [0.5, 0.6) is 0 Å². The number of rotatable bonds is 3. The number of carbonyl (C=O) groups is 1. The number of amides is 1. The Bertz CT molecular complexity index is 359. The van der Waals surface area contributed by atoms with Gasteiger partial charge in [-0.25, -0.2) is 0 Å². The number of guanidine groups is 1. The molecule has 0 spiro atoms. The highest BCUT2D eigenvalue weighted by Crippen LogP contribution is 2.35. The number of fused-ring (bicyclic) bond motifs is 1. The molecule has 0 aromatic rings. The average molecular weight is 408 g/mol. The molecule has 2 atom stereocenters. The topological polar surface area (TPSA) is 47.9 Å². The minimum Gasteiger partial charge on any atom is -0.356 e. The van der Waals surface area contributed by atoms with Crippen LogP contribution >= 0.6 is 24.0 Å². The maximum Gasteiger partial charge on any atom is 0.223 e. The van der Waals surface area contributed by atoms with E-state index in [0.717, 1.165) is 30.9 Å². The molecule has 1 aliphatic heterocycles. The lowest BCUT2D eigenvalue weighted by atomic mass is 9.82. The van der Waals surface area contributed by atoms with Gasteiger partial charge in [0.25, 0.3) is 0 Å². The molecule has 122 valence electrons. The second kappa shape index (κ2) is 8.80. The molecule has 1 heterocycles. The molecule has 5 nitrogen and oxygen atoms in total. The molecule has 0 aromatic heterocycles. The van der Waals surface area contributed by atoms with Crippen LogP contribution in [0.1, 0.15) is 32.1 Å². The Labute approximate surface area is 145 Å². The quantitative estimate of drug-likeness (QED) is 0.440. The van der Waals surface area contributed by atoms with Crippen LogP contribution < -0.4 is 5.32 Å². The third kappa shape index (κ3) is 5.00. The Morgan fingerprint density at radius 1 is 1.24 bits per heavy atom. The molecule has 2 fully saturated rings. The molecule has 1 amide bonds. The smallest absolute Gasteiger partial charge is 0.223 e. The van der Waals surface area contributed by atoms with E-state index >= 15 is 0 Å². The largest absolute Gasteiger partial charge is 0.356 e. The van der Waals surface area contributed by atoms with Gasteiger partial charge in [-0.1, -0.05) is 12.8 Å². The van der Waals surface area contributed by atoms with E-state index in [-0.39, 0.29) is 29.9 Å². The lowest BCUT2D eigenvalue weighted by Gasteiger charge is -2.22. The number of aliphatic imine (C=N–C) groups is 1. The number of likely N-dealkylation sites (tertiary alicyclic amines) is 1. The molecule has 1 aliphatic carbocycles. The third-order valence-electron chi connectivity index (χ3n) is 4.61. The molecule has 1 N–H and O–H groups in total. The standard InChI is InChI=1S/C15H28N4O.HI/c1-16-15(17-9-8-14(20)18(2)3)19-10-12-6-4-5-7-13(12)11-19;/h12-13H,4-11H2,1-3H3,(H,16,17);1H. The first-order valence-electron chi connectivity index (χ1n) is 7.77. The van der Waals surface area contributed by atoms with E-state index in [1.165, 1.54) is 25.7 Å². The Morgan fingerprint density at radius 2 is 1.81 bits per heavy atom. The predicted octanol–water partition coefficient (Wildman–Crippen LogP) is 1.78. The molecule has 2 rings (SSSR count). The van der Waals surface area contributed by atoms with Gasteiger partial charge in [-0.05, 0) is 24.7 Å². The first-order valence-corrected chi connectivity index (χ1v) is 7.77. The van der Waals surface area contributed by atoms with E-state index < -0.39 is 0 Å². The number of carbonyl (C=O) groups excluding carboxylic acids is 1. The third-order valence-corrected chi connectivity index (χ3v) is 4.61. The number of hydrogen-bond donors (Lipinski definition) is 1. The minimum absolute atomic E-state index is 0. The van der Waals surface area contributed by atoms with Crippen LogP contribution in [0.2, 0.25) is 0 Å². The van der Waals surface area contributed by atoms with Crippen LogP contribution in [0, 0.1) is 11.8 Å². The van der Waals surface area contributed by atoms with Crippen molar-refractivity contribution in [2.24, 2.45) is 16.8 Å². The van der Waals surface area contributed by atoms with Gasteiger partial charge in [0.05, 0.1) is 0 Å². The number of halogens is 1. The summed E-state index contributed by atoms with van der Waals surface area (Å²) in [6.07, 6.45) is 6.04. The van der Waals surface area contributed by atoms with Crippen LogP contribution in [0.4, 0.5) is 0 Å². The Kier molecular flexibility index (Phi) is 7.76. The summed E-state index contributed by atoms with van der Waals surface area (Å²) in [6.45, 7) is 2.92. The zero-order chi connectivity index (χ0) is 14.5. The molecule has 21 heavy (non-hydrogen) atoms.